The van der Waals surface area contributed by atoms with Crippen LogP contribution in [0.2, 0.25) is 5.02 Å². The minimum Gasteiger partial charge on any atom is -0.454 e. The van der Waals surface area contributed by atoms with E-state index in [2.05, 4.69) is 24.1 Å². The number of halogens is 1. The van der Waals surface area contributed by atoms with Crippen LogP contribution in [0.15, 0.2) is 42.7 Å². The van der Waals surface area contributed by atoms with Crippen LogP contribution >= 0.6 is 11.6 Å². The number of nitrogens with zero attached hydrogens (tertiary/aromatic N) is 1. The molecule has 1 aromatic carbocycles. The van der Waals surface area contributed by atoms with Gasteiger partial charge in [0, 0.05) is 24.3 Å². The molecule has 0 fully saturated rings. The summed E-state index contributed by atoms with van der Waals surface area (Å²) in [5.74, 6) is 1.37. The number of nitrogens with one attached hydrogen (secondary N) is 1. The monoisotopic (exact) mass is 276 g/mol. The second-order valence-electron chi connectivity index (χ2n) is 4.55. The van der Waals surface area contributed by atoms with Gasteiger partial charge in [-0.25, -0.2) is 0 Å². The Morgan fingerprint density at radius 2 is 2.00 bits per heavy atom. The Morgan fingerprint density at radius 3 is 2.74 bits per heavy atom. The van der Waals surface area contributed by atoms with E-state index >= 15 is 0 Å². The van der Waals surface area contributed by atoms with Gasteiger partial charge < -0.3 is 10.1 Å². The number of ether oxygens (including phenoxy) is 1. The van der Waals surface area contributed by atoms with Crippen LogP contribution in [-0.4, -0.2) is 11.0 Å². The average molecular weight is 277 g/mol. The Balaban J connectivity index is 2.18. The van der Waals surface area contributed by atoms with Crippen LogP contribution in [0.5, 0.6) is 11.5 Å². The Hall–Kier alpha value is -1.58. The molecule has 3 nitrogen and oxygen atoms in total. The van der Waals surface area contributed by atoms with Crippen molar-refractivity contribution in [1.82, 2.24) is 10.3 Å². The summed E-state index contributed by atoms with van der Waals surface area (Å²) in [5, 5.41) is 3.95. The number of rotatable bonds is 5. The Morgan fingerprint density at radius 1 is 1.21 bits per heavy atom. The summed E-state index contributed by atoms with van der Waals surface area (Å²) >= 11 is 6.09. The lowest BCUT2D eigenvalue weighted by Crippen LogP contribution is -2.22. The van der Waals surface area contributed by atoms with E-state index < -0.39 is 0 Å². The molecule has 1 aromatic heterocycles. The van der Waals surface area contributed by atoms with Crippen LogP contribution in [0.1, 0.15) is 19.4 Å². The molecular weight excluding hydrogens is 260 g/mol. The van der Waals surface area contributed by atoms with Crippen molar-refractivity contribution >= 4 is 11.6 Å². The van der Waals surface area contributed by atoms with Gasteiger partial charge in [0.2, 0.25) is 0 Å². The number of pyridine rings is 1. The van der Waals surface area contributed by atoms with Crippen LogP contribution in [0.3, 0.4) is 0 Å². The molecule has 0 saturated carbocycles. The Bertz CT molecular complexity index is 543. The summed E-state index contributed by atoms with van der Waals surface area (Å²) in [4.78, 5) is 4.10. The second-order valence-corrected chi connectivity index (χ2v) is 4.96. The predicted octanol–water partition coefficient (Wildman–Crippen LogP) is 4.03. The van der Waals surface area contributed by atoms with E-state index in [4.69, 9.17) is 16.3 Å². The zero-order valence-corrected chi connectivity index (χ0v) is 11.8. The molecular formula is C15H17ClN2O. The summed E-state index contributed by atoms with van der Waals surface area (Å²) in [6.45, 7) is 4.95. The van der Waals surface area contributed by atoms with Gasteiger partial charge in [-0.2, -0.15) is 0 Å². The molecule has 2 rings (SSSR count). The van der Waals surface area contributed by atoms with Crippen molar-refractivity contribution < 1.29 is 4.74 Å². The van der Waals surface area contributed by atoms with Crippen molar-refractivity contribution in [3.8, 4) is 11.5 Å². The minimum atomic E-state index is 0.418. The number of benzene rings is 1. The molecule has 0 aliphatic carbocycles. The third-order valence-corrected chi connectivity index (χ3v) is 2.94. The maximum absolute atomic E-state index is 6.09. The van der Waals surface area contributed by atoms with Crippen molar-refractivity contribution in [2.45, 2.75) is 26.4 Å². The van der Waals surface area contributed by atoms with E-state index in [-0.39, 0.29) is 0 Å². The van der Waals surface area contributed by atoms with Crippen molar-refractivity contribution in [3.63, 3.8) is 0 Å². The fourth-order valence-electron chi connectivity index (χ4n) is 1.61. The first kappa shape index (κ1) is 13.8. The SMILES string of the molecule is CC(C)NCc1ccncc1Oc1ccccc1Cl. The third kappa shape index (κ3) is 3.94. The molecule has 0 bridgehead atoms. The minimum absolute atomic E-state index is 0.418. The highest BCUT2D eigenvalue weighted by Gasteiger charge is 2.07. The molecule has 0 saturated heterocycles. The van der Waals surface area contributed by atoms with Gasteiger partial charge in [-0.3, -0.25) is 4.98 Å². The van der Waals surface area contributed by atoms with E-state index in [0.29, 0.717) is 16.8 Å². The van der Waals surface area contributed by atoms with Gasteiger partial charge >= 0.3 is 0 Å². The topological polar surface area (TPSA) is 34.2 Å². The van der Waals surface area contributed by atoms with Gasteiger partial charge in [0.25, 0.3) is 0 Å². The van der Waals surface area contributed by atoms with E-state index in [1.807, 2.05) is 24.3 Å². The third-order valence-electron chi connectivity index (χ3n) is 2.63. The van der Waals surface area contributed by atoms with E-state index in [1.165, 1.54) is 0 Å². The fraction of sp³-hybridized carbons (Fsp3) is 0.267. The quantitative estimate of drug-likeness (QED) is 0.895. The Labute approximate surface area is 118 Å². The lowest BCUT2D eigenvalue weighted by atomic mass is 10.2. The lowest BCUT2D eigenvalue weighted by Gasteiger charge is -2.13. The summed E-state index contributed by atoms with van der Waals surface area (Å²) in [6.07, 6.45) is 3.47. The second kappa shape index (κ2) is 6.55. The maximum Gasteiger partial charge on any atom is 0.150 e. The summed E-state index contributed by atoms with van der Waals surface area (Å²) < 4.78 is 5.84. The van der Waals surface area contributed by atoms with Crippen LogP contribution in [0.25, 0.3) is 0 Å². The Kier molecular flexibility index (Phi) is 4.77. The fourth-order valence-corrected chi connectivity index (χ4v) is 1.78. The van der Waals surface area contributed by atoms with E-state index in [9.17, 15) is 0 Å². The molecule has 1 N–H and O–H groups in total. The number of hydrogen-bond acceptors (Lipinski definition) is 3. The zero-order chi connectivity index (χ0) is 13.7. The largest absolute Gasteiger partial charge is 0.454 e. The maximum atomic E-state index is 6.09. The van der Waals surface area contributed by atoms with E-state index in [0.717, 1.165) is 17.9 Å². The van der Waals surface area contributed by atoms with Crippen LogP contribution in [0, 0.1) is 0 Å². The molecule has 0 atom stereocenters. The standard InChI is InChI=1S/C15H17ClN2O/c1-11(2)18-9-12-7-8-17-10-15(12)19-14-6-4-3-5-13(14)16/h3-8,10-11,18H,9H2,1-2H3. The summed E-state index contributed by atoms with van der Waals surface area (Å²) in [6, 6.07) is 9.78. The number of aromatic nitrogens is 1. The van der Waals surface area contributed by atoms with E-state index in [1.54, 1.807) is 18.5 Å². The van der Waals surface area contributed by atoms with Crippen molar-refractivity contribution in [3.05, 3.63) is 53.3 Å². The van der Waals surface area contributed by atoms with Crippen LogP contribution < -0.4 is 10.1 Å². The van der Waals surface area contributed by atoms with Gasteiger partial charge in [0.05, 0.1) is 11.2 Å². The first-order valence-corrected chi connectivity index (χ1v) is 6.63. The highest BCUT2D eigenvalue weighted by molar-refractivity contribution is 6.32. The molecule has 0 radical (unpaired) electrons. The van der Waals surface area contributed by atoms with Gasteiger partial charge in [-0.15, -0.1) is 0 Å². The molecule has 0 aliphatic rings. The molecule has 1 heterocycles. The summed E-state index contributed by atoms with van der Waals surface area (Å²) in [5.41, 5.74) is 1.06. The van der Waals surface area contributed by atoms with Crippen LogP contribution in [-0.2, 0) is 6.54 Å². The van der Waals surface area contributed by atoms with Gasteiger partial charge in [0.15, 0.2) is 0 Å². The molecule has 4 heteroatoms. The smallest absolute Gasteiger partial charge is 0.150 e. The highest BCUT2D eigenvalue weighted by atomic mass is 35.5. The van der Waals surface area contributed by atoms with Crippen molar-refractivity contribution in [1.29, 1.82) is 0 Å². The van der Waals surface area contributed by atoms with Gasteiger partial charge in [0.1, 0.15) is 11.5 Å². The van der Waals surface area contributed by atoms with Crippen molar-refractivity contribution in [2.75, 3.05) is 0 Å². The zero-order valence-electron chi connectivity index (χ0n) is 11.1. The first-order chi connectivity index (χ1) is 9.16. The number of hydrogen-bond donors (Lipinski definition) is 1. The molecule has 100 valence electrons. The van der Waals surface area contributed by atoms with Crippen molar-refractivity contribution in [2.24, 2.45) is 0 Å². The molecule has 0 spiro atoms. The van der Waals surface area contributed by atoms with Gasteiger partial charge in [-0.05, 0) is 18.2 Å². The normalized spacial score (nSPS) is 10.7. The van der Waals surface area contributed by atoms with Crippen LogP contribution in [0.4, 0.5) is 0 Å². The molecule has 0 aliphatic heterocycles. The lowest BCUT2D eigenvalue weighted by molar-refractivity contribution is 0.467. The summed E-state index contributed by atoms with van der Waals surface area (Å²) in [7, 11) is 0. The highest BCUT2D eigenvalue weighted by Crippen LogP contribution is 2.30. The average Bonchev–Trinajstić information content (AvgIpc) is 2.40. The molecule has 2 aromatic rings. The molecule has 0 amide bonds. The first-order valence-electron chi connectivity index (χ1n) is 6.25. The van der Waals surface area contributed by atoms with Gasteiger partial charge in [-0.1, -0.05) is 37.6 Å². The predicted molar refractivity (Wildman–Crippen MR) is 77.7 cm³/mol. The molecule has 19 heavy (non-hydrogen) atoms. The number of para-hydroxylation sites is 1. The molecule has 0 unspecified atom stereocenters.